The van der Waals surface area contributed by atoms with Gasteiger partial charge in [0.05, 0.1) is 18.3 Å². The number of nitrogens with zero attached hydrogens (tertiary/aromatic N) is 5. The summed E-state index contributed by atoms with van der Waals surface area (Å²) in [5.74, 6) is 0.504. The van der Waals surface area contributed by atoms with E-state index in [2.05, 4.69) is 20.2 Å². The molecule has 37 heavy (non-hydrogen) atoms. The van der Waals surface area contributed by atoms with Gasteiger partial charge in [-0.1, -0.05) is 29.8 Å². The normalized spacial score (nSPS) is 15.5. The zero-order chi connectivity index (χ0) is 25.9. The van der Waals surface area contributed by atoms with Crippen molar-refractivity contribution in [3.05, 3.63) is 69.7 Å². The Balaban J connectivity index is 1.57. The van der Waals surface area contributed by atoms with Crippen molar-refractivity contribution in [3.8, 4) is 22.4 Å². The summed E-state index contributed by atoms with van der Waals surface area (Å²) in [4.78, 5) is 29.8. The van der Waals surface area contributed by atoms with Gasteiger partial charge in [0, 0.05) is 52.1 Å². The second-order valence-corrected chi connectivity index (χ2v) is 10.1. The molecule has 1 atom stereocenters. The van der Waals surface area contributed by atoms with Crippen LogP contribution in [0.5, 0.6) is 0 Å². The van der Waals surface area contributed by atoms with Crippen molar-refractivity contribution in [1.29, 1.82) is 0 Å². The Kier molecular flexibility index (Phi) is 7.50. The molecule has 1 saturated heterocycles. The van der Waals surface area contributed by atoms with Crippen LogP contribution in [0.3, 0.4) is 0 Å². The van der Waals surface area contributed by atoms with Gasteiger partial charge in [-0.2, -0.15) is 4.98 Å². The number of ether oxygens (including phenoxy) is 1. The van der Waals surface area contributed by atoms with Crippen LogP contribution in [0.15, 0.2) is 53.5 Å². The lowest BCUT2D eigenvalue weighted by Crippen LogP contribution is -2.26. The van der Waals surface area contributed by atoms with Crippen LogP contribution in [-0.4, -0.2) is 64.3 Å². The van der Waals surface area contributed by atoms with Gasteiger partial charge in [0.15, 0.2) is 0 Å². The molecule has 1 aromatic carbocycles. The lowest BCUT2D eigenvalue weighted by atomic mass is 10.0. The molecule has 1 fully saturated rings. The van der Waals surface area contributed by atoms with E-state index in [-0.39, 0.29) is 11.6 Å². The molecule has 1 aliphatic rings. The summed E-state index contributed by atoms with van der Waals surface area (Å²) in [6.45, 7) is 4.70. The first-order valence-corrected chi connectivity index (χ1v) is 12.9. The Bertz CT molecular complexity index is 1480. The van der Waals surface area contributed by atoms with Gasteiger partial charge >= 0.3 is 0 Å². The fraction of sp³-hybridized carbons (Fsp3) is 0.357. The minimum absolute atomic E-state index is 0.122. The SMILES string of the molecule is Cc1cccc(-c2ccc(-c3cc4cnc(N[C@H]5CCOC5)nc4n(CCCN(C)C)c3=O)c(Cl)c2)n1. The van der Waals surface area contributed by atoms with Crippen molar-refractivity contribution in [2.24, 2.45) is 0 Å². The van der Waals surface area contributed by atoms with E-state index < -0.39 is 0 Å². The lowest BCUT2D eigenvalue weighted by Gasteiger charge is -2.16. The number of aryl methyl sites for hydroxylation is 2. The molecule has 0 bridgehead atoms. The number of anilines is 1. The van der Waals surface area contributed by atoms with Gasteiger partial charge in [0.25, 0.3) is 5.56 Å². The van der Waals surface area contributed by atoms with E-state index in [4.69, 9.17) is 21.3 Å². The number of aromatic nitrogens is 4. The number of hydrogen-bond donors (Lipinski definition) is 1. The number of rotatable bonds is 8. The predicted molar refractivity (Wildman–Crippen MR) is 148 cm³/mol. The molecular formula is C28H31ClN6O2. The Labute approximate surface area is 221 Å². The fourth-order valence-corrected chi connectivity index (χ4v) is 4.88. The summed E-state index contributed by atoms with van der Waals surface area (Å²) in [6.07, 6.45) is 3.48. The minimum Gasteiger partial charge on any atom is -0.379 e. The van der Waals surface area contributed by atoms with Crippen molar-refractivity contribution < 1.29 is 4.74 Å². The van der Waals surface area contributed by atoms with Crippen LogP contribution in [0.1, 0.15) is 18.5 Å². The molecule has 1 aliphatic heterocycles. The number of pyridine rings is 2. The van der Waals surface area contributed by atoms with Gasteiger partial charge < -0.3 is 15.0 Å². The summed E-state index contributed by atoms with van der Waals surface area (Å²) < 4.78 is 7.21. The molecule has 0 unspecified atom stereocenters. The van der Waals surface area contributed by atoms with Crippen molar-refractivity contribution >= 4 is 28.6 Å². The number of benzene rings is 1. The van der Waals surface area contributed by atoms with Crippen LogP contribution in [0.25, 0.3) is 33.4 Å². The van der Waals surface area contributed by atoms with E-state index in [1.165, 1.54) is 0 Å². The monoisotopic (exact) mass is 518 g/mol. The molecule has 3 aromatic heterocycles. The molecule has 4 aromatic rings. The molecule has 8 nitrogen and oxygen atoms in total. The maximum atomic E-state index is 13.8. The summed E-state index contributed by atoms with van der Waals surface area (Å²) in [7, 11) is 4.05. The molecule has 0 spiro atoms. The Morgan fingerprint density at radius 3 is 2.76 bits per heavy atom. The quantitative estimate of drug-likeness (QED) is 0.364. The highest BCUT2D eigenvalue weighted by Gasteiger charge is 2.19. The fourth-order valence-electron chi connectivity index (χ4n) is 4.60. The first-order valence-electron chi connectivity index (χ1n) is 12.5. The van der Waals surface area contributed by atoms with E-state index in [9.17, 15) is 4.79 Å². The van der Waals surface area contributed by atoms with Crippen LogP contribution in [0, 0.1) is 6.92 Å². The molecule has 1 N–H and O–H groups in total. The topological polar surface area (TPSA) is 85.2 Å². The third kappa shape index (κ3) is 5.66. The largest absolute Gasteiger partial charge is 0.379 e. The third-order valence-corrected chi connectivity index (χ3v) is 6.83. The van der Waals surface area contributed by atoms with Crippen molar-refractivity contribution in [2.45, 2.75) is 32.4 Å². The maximum absolute atomic E-state index is 13.8. The highest BCUT2D eigenvalue weighted by molar-refractivity contribution is 6.33. The molecule has 0 amide bonds. The van der Waals surface area contributed by atoms with Crippen LogP contribution in [0.4, 0.5) is 5.95 Å². The molecule has 0 aliphatic carbocycles. The highest BCUT2D eigenvalue weighted by atomic mass is 35.5. The number of halogens is 1. The summed E-state index contributed by atoms with van der Waals surface area (Å²) in [6, 6.07) is 13.6. The first-order chi connectivity index (χ1) is 17.9. The van der Waals surface area contributed by atoms with E-state index in [1.807, 2.05) is 63.5 Å². The van der Waals surface area contributed by atoms with Gasteiger partial charge in [-0.3, -0.25) is 14.3 Å². The minimum atomic E-state index is -0.122. The standard InChI is InChI=1S/C28H31ClN6O2/c1-18-6-4-7-25(31-18)19-8-9-22(24(29)15-19)23-14-20-16-30-28(32-21-10-13-37-17-21)33-26(20)35(27(23)36)12-5-11-34(2)3/h4,6-9,14-16,21H,5,10-13,17H2,1-3H3,(H,30,32,33)/t21-/m0/s1. The Morgan fingerprint density at radius 2 is 2.03 bits per heavy atom. The summed E-state index contributed by atoms with van der Waals surface area (Å²) >= 11 is 6.76. The summed E-state index contributed by atoms with van der Waals surface area (Å²) in [5, 5.41) is 4.62. The third-order valence-electron chi connectivity index (χ3n) is 6.52. The van der Waals surface area contributed by atoms with Gasteiger partial charge in [-0.15, -0.1) is 0 Å². The lowest BCUT2D eigenvalue weighted by molar-refractivity contribution is 0.195. The number of hydrogen-bond acceptors (Lipinski definition) is 7. The Hall–Kier alpha value is -3.33. The molecule has 5 rings (SSSR count). The second kappa shape index (κ2) is 11.0. The van der Waals surface area contributed by atoms with Gasteiger partial charge in [-0.05, 0) is 64.7 Å². The van der Waals surface area contributed by atoms with E-state index in [0.717, 1.165) is 48.3 Å². The second-order valence-electron chi connectivity index (χ2n) is 9.71. The molecule has 192 valence electrons. The average Bonchev–Trinajstić information content (AvgIpc) is 3.38. The van der Waals surface area contributed by atoms with E-state index >= 15 is 0 Å². The molecule has 9 heteroatoms. The molecular weight excluding hydrogens is 488 g/mol. The smallest absolute Gasteiger partial charge is 0.260 e. The van der Waals surface area contributed by atoms with Crippen molar-refractivity contribution in [3.63, 3.8) is 0 Å². The predicted octanol–water partition coefficient (Wildman–Crippen LogP) is 4.63. The van der Waals surface area contributed by atoms with E-state index in [0.29, 0.717) is 40.9 Å². The van der Waals surface area contributed by atoms with Crippen LogP contribution >= 0.6 is 11.6 Å². The first kappa shape index (κ1) is 25.3. The van der Waals surface area contributed by atoms with Gasteiger partial charge in [0.1, 0.15) is 5.65 Å². The van der Waals surface area contributed by atoms with Crippen LogP contribution in [-0.2, 0) is 11.3 Å². The number of fused-ring (bicyclic) bond motifs is 1. The number of nitrogens with one attached hydrogen (secondary N) is 1. The molecule has 4 heterocycles. The van der Waals surface area contributed by atoms with Crippen LogP contribution in [0.2, 0.25) is 5.02 Å². The molecule has 0 radical (unpaired) electrons. The van der Waals surface area contributed by atoms with Gasteiger partial charge in [-0.25, -0.2) is 4.98 Å². The van der Waals surface area contributed by atoms with Crippen molar-refractivity contribution in [1.82, 2.24) is 24.4 Å². The van der Waals surface area contributed by atoms with Crippen LogP contribution < -0.4 is 10.9 Å². The van der Waals surface area contributed by atoms with Crippen molar-refractivity contribution in [2.75, 3.05) is 39.2 Å². The average molecular weight is 519 g/mol. The summed E-state index contributed by atoms with van der Waals surface area (Å²) in [5.41, 5.74) is 4.37. The van der Waals surface area contributed by atoms with E-state index in [1.54, 1.807) is 10.8 Å². The zero-order valence-corrected chi connectivity index (χ0v) is 22.1. The van der Waals surface area contributed by atoms with Gasteiger partial charge in [0.2, 0.25) is 5.95 Å². The maximum Gasteiger partial charge on any atom is 0.260 e. The Morgan fingerprint density at radius 1 is 1.16 bits per heavy atom. The molecule has 0 saturated carbocycles. The zero-order valence-electron chi connectivity index (χ0n) is 21.4. The highest BCUT2D eigenvalue weighted by Crippen LogP contribution is 2.31.